The zero-order chi connectivity index (χ0) is 14.7. The van der Waals surface area contributed by atoms with Crippen LogP contribution in [-0.2, 0) is 0 Å². The van der Waals surface area contributed by atoms with Crippen molar-refractivity contribution in [3.63, 3.8) is 0 Å². The van der Waals surface area contributed by atoms with Crippen LogP contribution in [0.25, 0.3) is 0 Å². The quantitative estimate of drug-likeness (QED) is 0.666. The highest BCUT2D eigenvalue weighted by molar-refractivity contribution is 5.36. The molecule has 20 heavy (non-hydrogen) atoms. The normalized spacial score (nSPS) is 20.4. The molecule has 0 aliphatic heterocycles. The maximum Gasteiger partial charge on any atom is 0.126 e. The van der Waals surface area contributed by atoms with Gasteiger partial charge in [-0.15, -0.1) is 0 Å². The van der Waals surface area contributed by atoms with E-state index in [9.17, 15) is 13.2 Å². The van der Waals surface area contributed by atoms with Crippen molar-refractivity contribution in [2.75, 3.05) is 0 Å². The van der Waals surface area contributed by atoms with E-state index in [1.807, 2.05) is 6.08 Å². The van der Waals surface area contributed by atoms with Crippen molar-refractivity contribution in [1.29, 1.82) is 0 Å². The summed E-state index contributed by atoms with van der Waals surface area (Å²) in [5, 5.41) is 0. The maximum absolute atomic E-state index is 14.2. The van der Waals surface area contributed by atoms with Gasteiger partial charge in [0.2, 0.25) is 0 Å². The summed E-state index contributed by atoms with van der Waals surface area (Å²) in [6, 6.07) is 3.21. The molecular formula is C17H19F3. The Morgan fingerprint density at radius 3 is 2.35 bits per heavy atom. The van der Waals surface area contributed by atoms with E-state index in [4.69, 9.17) is 0 Å². The fourth-order valence-electron chi connectivity index (χ4n) is 2.48. The van der Waals surface area contributed by atoms with E-state index in [0.29, 0.717) is 17.9 Å². The maximum atomic E-state index is 14.2. The molecule has 0 N–H and O–H groups in total. The van der Waals surface area contributed by atoms with Gasteiger partial charge in [-0.05, 0) is 48.1 Å². The summed E-state index contributed by atoms with van der Waals surface area (Å²) in [6.07, 6.45) is 5.84. The first kappa shape index (κ1) is 14.9. The van der Waals surface area contributed by atoms with E-state index in [1.54, 1.807) is 0 Å². The van der Waals surface area contributed by atoms with E-state index < -0.39 is 17.6 Å². The second-order valence-corrected chi connectivity index (χ2v) is 5.52. The van der Waals surface area contributed by atoms with Crippen molar-refractivity contribution in [1.82, 2.24) is 0 Å². The summed E-state index contributed by atoms with van der Waals surface area (Å²) in [4.78, 5) is 0. The highest BCUT2D eigenvalue weighted by Crippen LogP contribution is 2.36. The van der Waals surface area contributed by atoms with Crippen LogP contribution in [0.3, 0.4) is 0 Å². The summed E-state index contributed by atoms with van der Waals surface area (Å²) in [5.74, 6) is -1.70. The molecule has 1 aromatic rings. The Balaban J connectivity index is 2.16. The number of rotatable bonds is 4. The molecule has 0 radical (unpaired) electrons. The Morgan fingerprint density at radius 1 is 1.15 bits per heavy atom. The van der Waals surface area contributed by atoms with Gasteiger partial charge < -0.3 is 0 Å². The summed E-state index contributed by atoms with van der Waals surface area (Å²) in [7, 11) is 0. The van der Waals surface area contributed by atoms with Gasteiger partial charge in [-0.3, -0.25) is 0 Å². The van der Waals surface area contributed by atoms with Gasteiger partial charge in [0.05, 0.1) is 0 Å². The predicted molar refractivity (Wildman–Crippen MR) is 75.1 cm³/mol. The largest absolute Gasteiger partial charge is 0.211 e. The van der Waals surface area contributed by atoms with Gasteiger partial charge in [-0.25, -0.2) is 13.2 Å². The van der Waals surface area contributed by atoms with Crippen molar-refractivity contribution in [2.45, 2.75) is 39.0 Å². The van der Waals surface area contributed by atoms with E-state index in [2.05, 4.69) is 13.8 Å². The molecule has 0 bridgehead atoms. The van der Waals surface area contributed by atoms with Crippen LogP contribution >= 0.6 is 0 Å². The van der Waals surface area contributed by atoms with Crippen molar-refractivity contribution >= 4 is 0 Å². The van der Waals surface area contributed by atoms with Crippen LogP contribution in [0.5, 0.6) is 0 Å². The number of benzene rings is 1. The van der Waals surface area contributed by atoms with Crippen molar-refractivity contribution in [3.05, 3.63) is 58.9 Å². The molecule has 0 nitrogen and oxygen atoms in total. The minimum absolute atomic E-state index is 0.309. The first-order chi connectivity index (χ1) is 9.49. The summed E-state index contributed by atoms with van der Waals surface area (Å²) < 4.78 is 40.6. The van der Waals surface area contributed by atoms with Gasteiger partial charge in [0.1, 0.15) is 17.5 Å². The monoisotopic (exact) mass is 280 g/mol. The molecule has 0 fully saturated rings. The van der Waals surface area contributed by atoms with E-state index in [-0.39, 0.29) is 5.83 Å². The third-order valence-corrected chi connectivity index (χ3v) is 3.84. The van der Waals surface area contributed by atoms with Gasteiger partial charge in [0, 0.05) is 12.0 Å². The zero-order valence-corrected chi connectivity index (χ0v) is 11.8. The van der Waals surface area contributed by atoms with Crippen LogP contribution in [0.15, 0.2) is 41.8 Å². The Morgan fingerprint density at radius 2 is 1.80 bits per heavy atom. The van der Waals surface area contributed by atoms with Crippen LogP contribution in [0.4, 0.5) is 13.2 Å². The minimum atomic E-state index is -0.665. The molecule has 2 atom stereocenters. The Kier molecular flexibility index (Phi) is 4.69. The Bertz CT molecular complexity index is 523. The van der Waals surface area contributed by atoms with Crippen molar-refractivity contribution < 1.29 is 13.2 Å². The van der Waals surface area contributed by atoms with Crippen LogP contribution in [0.2, 0.25) is 0 Å². The summed E-state index contributed by atoms with van der Waals surface area (Å²) in [5.41, 5.74) is 1.33. The molecular weight excluding hydrogens is 261 g/mol. The lowest BCUT2D eigenvalue weighted by molar-refractivity contribution is 0.516. The number of allylic oxidation sites excluding steroid dienone is 4. The highest BCUT2D eigenvalue weighted by Gasteiger charge is 2.21. The van der Waals surface area contributed by atoms with Gasteiger partial charge in [0.25, 0.3) is 0 Å². The molecule has 0 spiro atoms. The lowest BCUT2D eigenvalue weighted by Gasteiger charge is -2.20. The number of hydrogen-bond acceptors (Lipinski definition) is 0. The Hall–Kier alpha value is -1.51. The molecule has 108 valence electrons. The molecule has 0 saturated carbocycles. The molecule has 0 saturated heterocycles. The second kappa shape index (κ2) is 6.29. The Labute approximate surface area is 118 Å². The molecule has 3 heteroatoms. The molecule has 2 rings (SSSR count). The average Bonchev–Trinajstić information content (AvgIpc) is 2.37. The molecule has 2 unspecified atom stereocenters. The lowest BCUT2D eigenvalue weighted by Crippen LogP contribution is -2.06. The van der Waals surface area contributed by atoms with Crippen LogP contribution in [-0.4, -0.2) is 0 Å². The molecule has 1 aliphatic carbocycles. The van der Waals surface area contributed by atoms with Gasteiger partial charge in [0.15, 0.2) is 0 Å². The first-order valence-electron chi connectivity index (χ1n) is 7.01. The minimum Gasteiger partial charge on any atom is -0.211 e. The summed E-state index contributed by atoms with van der Waals surface area (Å²) >= 11 is 0. The SMILES string of the molecule is CCC(C)CC1=CCC(c2cc(F)cc(F)c2)C(F)=C1. The van der Waals surface area contributed by atoms with Gasteiger partial charge in [-0.1, -0.05) is 26.3 Å². The van der Waals surface area contributed by atoms with Crippen molar-refractivity contribution in [2.24, 2.45) is 5.92 Å². The molecule has 1 aliphatic rings. The third-order valence-electron chi connectivity index (χ3n) is 3.84. The van der Waals surface area contributed by atoms with Crippen LogP contribution < -0.4 is 0 Å². The van der Waals surface area contributed by atoms with E-state index in [1.165, 1.54) is 18.2 Å². The average molecular weight is 280 g/mol. The van der Waals surface area contributed by atoms with Crippen LogP contribution in [0, 0.1) is 17.6 Å². The third kappa shape index (κ3) is 3.53. The standard InChI is InChI=1S/C17H19F3/c1-3-11(2)6-12-4-5-16(17(20)7-12)13-8-14(18)10-15(19)9-13/h4,7-11,16H,3,5-6H2,1-2H3. The first-order valence-corrected chi connectivity index (χ1v) is 7.01. The molecule has 0 amide bonds. The fraction of sp³-hybridized carbons (Fsp3) is 0.412. The van der Waals surface area contributed by atoms with Gasteiger partial charge in [-0.2, -0.15) is 0 Å². The molecule has 1 aromatic carbocycles. The fourth-order valence-corrected chi connectivity index (χ4v) is 2.48. The van der Waals surface area contributed by atoms with Crippen molar-refractivity contribution in [3.8, 4) is 0 Å². The lowest BCUT2D eigenvalue weighted by atomic mass is 9.86. The van der Waals surface area contributed by atoms with E-state index in [0.717, 1.165) is 24.5 Å². The van der Waals surface area contributed by atoms with E-state index >= 15 is 0 Å². The van der Waals surface area contributed by atoms with Crippen LogP contribution in [0.1, 0.15) is 44.6 Å². The number of hydrogen-bond donors (Lipinski definition) is 0. The second-order valence-electron chi connectivity index (χ2n) is 5.52. The molecule has 0 heterocycles. The predicted octanol–water partition coefficient (Wildman–Crippen LogP) is 5.67. The number of halogens is 3. The zero-order valence-electron chi connectivity index (χ0n) is 11.8. The highest BCUT2D eigenvalue weighted by atomic mass is 19.1. The summed E-state index contributed by atoms with van der Waals surface area (Å²) in [6.45, 7) is 4.23. The van der Waals surface area contributed by atoms with Gasteiger partial charge >= 0.3 is 0 Å². The smallest absolute Gasteiger partial charge is 0.126 e. The molecule has 0 aromatic heterocycles. The topological polar surface area (TPSA) is 0 Å².